The fourth-order valence-corrected chi connectivity index (χ4v) is 2.36. The van der Waals surface area contributed by atoms with Crippen molar-refractivity contribution in [2.45, 2.75) is 6.92 Å². The Balaban J connectivity index is 1.68. The molecule has 4 N–H and O–H groups in total. The number of nitrogen functional groups attached to an aromatic ring is 1. The number of hydrogen-bond donors (Lipinski definition) is 3. The van der Waals surface area contributed by atoms with Crippen LogP contribution in [0.5, 0.6) is 11.5 Å². The molecule has 0 unspecified atom stereocenters. The number of urea groups is 1. The number of hydrogen-bond acceptors (Lipinski definition) is 4. The van der Waals surface area contributed by atoms with Crippen molar-refractivity contribution in [1.82, 2.24) is 4.98 Å². The molecule has 2 amide bonds. The van der Waals surface area contributed by atoms with E-state index in [1.165, 1.54) is 6.20 Å². The molecule has 0 fully saturated rings. The summed E-state index contributed by atoms with van der Waals surface area (Å²) in [5.41, 5.74) is 8.18. The van der Waals surface area contributed by atoms with Gasteiger partial charge < -0.3 is 21.1 Å². The third kappa shape index (κ3) is 4.64. The van der Waals surface area contributed by atoms with Gasteiger partial charge in [-0.15, -0.1) is 0 Å². The van der Waals surface area contributed by atoms with E-state index in [9.17, 15) is 4.79 Å². The zero-order valence-corrected chi connectivity index (χ0v) is 14.7. The molecule has 26 heavy (non-hydrogen) atoms. The van der Waals surface area contributed by atoms with E-state index in [0.717, 1.165) is 5.56 Å². The number of carbonyl (C=O) groups is 1. The van der Waals surface area contributed by atoms with Crippen LogP contribution in [-0.4, -0.2) is 11.0 Å². The molecule has 0 bridgehead atoms. The SMILES string of the molecule is Cc1ccc(NC(=O)Nc2cccc(Oc3cc(Cl)cnc3N)c2)cc1. The average Bonchev–Trinajstić information content (AvgIpc) is 2.60. The van der Waals surface area contributed by atoms with E-state index < -0.39 is 0 Å². The topological polar surface area (TPSA) is 89.3 Å². The van der Waals surface area contributed by atoms with Crippen molar-refractivity contribution in [3.8, 4) is 11.5 Å². The average molecular weight is 369 g/mol. The van der Waals surface area contributed by atoms with Gasteiger partial charge in [-0.1, -0.05) is 35.4 Å². The number of anilines is 3. The second kappa shape index (κ2) is 7.76. The zero-order chi connectivity index (χ0) is 18.5. The normalized spacial score (nSPS) is 10.2. The predicted octanol–water partition coefficient (Wildman–Crippen LogP) is 5.06. The van der Waals surface area contributed by atoms with E-state index in [-0.39, 0.29) is 11.8 Å². The zero-order valence-electron chi connectivity index (χ0n) is 14.0. The third-order valence-corrected chi connectivity index (χ3v) is 3.68. The van der Waals surface area contributed by atoms with Crippen LogP contribution in [0, 0.1) is 6.92 Å². The number of pyridine rings is 1. The minimum Gasteiger partial charge on any atom is -0.453 e. The first kappa shape index (κ1) is 17.6. The maximum atomic E-state index is 12.1. The highest BCUT2D eigenvalue weighted by Gasteiger charge is 2.07. The minimum absolute atomic E-state index is 0.227. The molecule has 3 aromatic rings. The van der Waals surface area contributed by atoms with Crippen molar-refractivity contribution in [2.75, 3.05) is 16.4 Å². The minimum atomic E-state index is -0.352. The summed E-state index contributed by atoms with van der Waals surface area (Å²) in [6.07, 6.45) is 1.44. The number of carbonyl (C=O) groups excluding carboxylic acids is 1. The van der Waals surface area contributed by atoms with Crippen LogP contribution in [0.15, 0.2) is 60.8 Å². The molecular formula is C19H17ClN4O2. The van der Waals surface area contributed by atoms with Crippen molar-refractivity contribution >= 4 is 34.8 Å². The van der Waals surface area contributed by atoms with Gasteiger partial charge in [-0.25, -0.2) is 9.78 Å². The van der Waals surface area contributed by atoms with Crippen LogP contribution in [-0.2, 0) is 0 Å². The standard InChI is InChI=1S/C19H17ClN4O2/c1-12-5-7-14(8-6-12)23-19(25)24-15-3-2-4-16(10-15)26-17-9-13(20)11-22-18(17)21/h2-11H,1H3,(H2,21,22)(H2,23,24,25). The summed E-state index contributed by atoms with van der Waals surface area (Å²) in [5, 5.41) is 5.94. The Morgan fingerprint density at radius 3 is 2.58 bits per heavy atom. The highest BCUT2D eigenvalue weighted by atomic mass is 35.5. The molecule has 3 rings (SSSR count). The van der Waals surface area contributed by atoms with Gasteiger partial charge in [-0.3, -0.25) is 0 Å². The number of aryl methyl sites for hydroxylation is 1. The smallest absolute Gasteiger partial charge is 0.323 e. The van der Waals surface area contributed by atoms with E-state index in [2.05, 4.69) is 15.6 Å². The summed E-state index contributed by atoms with van der Waals surface area (Å²) in [4.78, 5) is 16.1. The van der Waals surface area contributed by atoms with Gasteiger partial charge in [0.25, 0.3) is 0 Å². The van der Waals surface area contributed by atoms with Crippen LogP contribution in [0.2, 0.25) is 5.02 Å². The highest BCUT2D eigenvalue weighted by Crippen LogP contribution is 2.29. The Labute approximate surface area is 156 Å². The number of rotatable bonds is 4. The first-order valence-electron chi connectivity index (χ1n) is 7.83. The van der Waals surface area contributed by atoms with Crippen molar-refractivity contribution in [2.24, 2.45) is 0 Å². The lowest BCUT2D eigenvalue weighted by Gasteiger charge is -2.11. The summed E-state index contributed by atoms with van der Waals surface area (Å²) in [6.45, 7) is 1.98. The van der Waals surface area contributed by atoms with Crippen molar-refractivity contribution in [3.05, 3.63) is 71.4 Å². The molecule has 2 aromatic carbocycles. The fourth-order valence-electron chi connectivity index (χ4n) is 2.21. The lowest BCUT2D eigenvalue weighted by atomic mass is 10.2. The van der Waals surface area contributed by atoms with Gasteiger partial charge in [-0.2, -0.15) is 0 Å². The quantitative estimate of drug-likeness (QED) is 0.600. The van der Waals surface area contributed by atoms with Crippen LogP contribution in [0.4, 0.5) is 22.0 Å². The molecule has 0 aliphatic rings. The Hall–Kier alpha value is -3.25. The summed E-state index contributed by atoms with van der Waals surface area (Å²) in [5.74, 6) is 1.07. The lowest BCUT2D eigenvalue weighted by Crippen LogP contribution is -2.19. The van der Waals surface area contributed by atoms with E-state index in [1.807, 2.05) is 31.2 Å². The number of ether oxygens (including phenoxy) is 1. The largest absolute Gasteiger partial charge is 0.453 e. The summed E-state index contributed by atoms with van der Waals surface area (Å²) >= 11 is 5.91. The Morgan fingerprint density at radius 1 is 1.08 bits per heavy atom. The van der Waals surface area contributed by atoms with Gasteiger partial charge in [0.1, 0.15) is 5.75 Å². The molecule has 6 nitrogen and oxygen atoms in total. The van der Waals surface area contributed by atoms with Crippen molar-refractivity contribution in [3.63, 3.8) is 0 Å². The van der Waals surface area contributed by atoms with Gasteiger partial charge in [0, 0.05) is 29.7 Å². The summed E-state index contributed by atoms with van der Waals surface area (Å²) in [7, 11) is 0. The maximum absolute atomic E-state index is 12.1. The van der Waals surface area contributed by atoms with E-state index >= 15 is 0 Å². The first-order chi connectivity index (χ1) is 12.5. The summed E-state index contributed by atoms with van der Waals surface area (Å²) in [6, 6.07) is 15.7. The fraction of sp³-hybridized carbons (Fsp3) is 0.0526. The van der Waals surface area contributed by atoms with Gasteiger partial charge in [-0.05, 0) is 31.2 Å². The predicted molar refractivity (Wildman–Crippen MR) is 104 cm³/mol. The lowest BCUT2D eigenvalue weighted by molar-refractivity contribution is 0.262. The van der Waals surface area contributed by atoms with Gasteiger partial charge in [0.05, 0.1) is 5.02 Å². The third-order valence-electron chi connectivity index (χ3n) is 3.48. The Morgan fingerprint density at radius 2 is 1.81 bits per heavy atom. The molecular weight excluding hydrogens is 352 g/mol. The molecule has 0 saturated carbocycles. The van der Waals surface area contributed by atoms with Crippen LogP contribution in [0.3, 0.4) is 0 Å². The van der Waals surface area contributed by atoms with Crippen LogP contribution >= 0.6 is 11.6 Å². The van der Waals surface area contributed by atoms with E-state index in [0.29, 0.717) is 27.9 Å². The molecule has 0 radical (unpaired) electrons. The number of halogens is 1. The first-order valence-corrected chi connectivity index (χ1v) is 8.21. The summed E-state index contributed by atoms with van der Waals surface area (Å²) < 4.78 is 5.70. The highest BCUT2D eigenvalue weighted by molar-refractivity contribution is 6.30. The van der Waals surface area contributed by atoms with Crippen LogP contribution in [0.25, 0.3) is 0 Å². The van der Waals surface area contributed by atoms with Gasteiger partial charge >= 0.3 is 6.03 Å². The number of nitrogens with two attached hydrogens (primary N) is 1. The molecule has 132 valence electrons. The molecule has 1 heterocycles. The Kier molecular flexibility index (Phi) is 5.24. The second-order valence-corrected chi connectivity index (χ2v) is 6.05. The molecule has 7 heteroatoms. The second-order valence-electron chi connectivity index (χ2n) is 5.61. The molecule has 0 aliphatic heterocycles. The molecule has 0 aliphatic carbocycles. The van der Waals surface area contributed by atoms with Crippen LogP contribution < -0.4 is 21.1 Å². The number of amides is 2. The number of aromatic nitrogens is 1. The molecule has 0 saturated heterocycles. The maximum Gasteiger partial charge on any atom is 0.323 e. The van der Waals surface area contributed by atoms with Gasteiger partial charge in [0.2, 0.25) is 0 Å². The van der Waals surface area contributed by atoms with Gasteiger partial charge in [0.15, 0.2) is 11.6 Å². The molecule has 0 atom stereocenters. The number of nitrogens with zero attached hydrogens (tertiary/aromatic N) is 1. The van der Waals surface area contributed by atoms with E-state index in [4.69, 9.17) is 22.1 Å². The van der Waals surface area contributed by atoms with E-state index in [1.54, 1.807) is 30.3 Å². The molecule has 0 spiro atoms. The molecule has 1 aromatic heterocycles. The van der Waals surface area contributed by atoms with Crippen LogP contribution in [0.1, 0.15) is 5.56 Å². The van der Waals surface area contributed by atoms with Crippen molar-refractivity contribution in [1.29, 1.82) is 0 Å². The Bertz CT molecular complexity index is 929. The number of benzene rings is 2. The van der Waals surface area contributed by atoms with Crippen molar-refractivity contribution < 1.29 is 9.53 Å². The monoisotopic (exact) mass is 368 g/mol. The number of nitrogens with one attached hydrogen (secondary N) is 2.